The molecular weight excluding hydrogens is 212 g/mol. The molecule has 0 saturated carbocycles. The second-order valence-corrected chi connectivity index (χ2v) is 3.71. The molecule has 0 unspecified atom stereocenters. The predicted molar refractivity (Wildman–Crippen MR) is 56.5 cm³/mol. The lowest BCUT2D eigenvalue weighted by molar-refractivity contribution is -0.0150. The molecule has 0 amide bonds. The van der Waals surface area contributed by atoms with Crippen molar-refractivity contribution < 1.29 is 9.84 Å². The average molecular weight is 226 g/mol. The molecule has 88 valence electrons. The van der Waals surface area contributed by atoms with Crippen molar-refractivity contribution in [2.24, 2.45) is 5.73 Å². The molecule has 1 aromatic rings. The van der Waals surface area contributed by atoms with Gasteiger partial charge in [-0.1, -0.05) is 0 Å². The average Bonchev–Trinajstić information content (AvgIpc) is 2.59. The van der Waals surface area contributed by atoms with Crippen molar-refractivity contribution in [2.45, 2.75) is 24.9 Å². The normalized spacial score (nSPS) is 29.5. The Morgan fingerprint density at radius 3 is 3.00 bits per heavy atom. The Labute approximate surface area is 91.6 Å². The maximum absolute atomic E-state index is 11.5. The zero-order valence-electron chi connectivity index (χ0n) is 8.61. The van der Waals surface area contributed by atoms with E-state index in [1.165, 1.54) is 16.8 Å². The molecule has 1 aromatic heterocycles. The van der Waals surface area contributed by atoms with E-state index in [-0.39, 0.29) is 12.4 Å². The number of ether oxygens (including phenoxy) is 1. The van der Waals surface area contributed by atoms with Crippen molar-refractivity contribution in [3.05, 3.63) is 22.7 Å². The predicted octanol–water partition coefficient (Wildman–Crippen LogP) is -1.57. The van der Waals surface area contributed by atoms with Gasteiger partial charge in [0.15, 0.2) is 0 Å². The molecule has 2 heterocycles. The minimum Gasteiger partial charge on any atom is -0.390 e. The van der Waals surface area contributed by atoms with E-state index in [2.05, 4.69) is 4.98 Å². The fourth-order valence-corrected chi connectivity index (χ4v) is 1.74. The summed E-state index contributed by atoms with van der Waals surface area (Å²) >= 11 is 0. The number of aromatic nitrogens is 2. The van der Waals surface area contributed by atoms with Crippen molar-refractivity contribution in [1.82, 2.24) is 9.55 Å². The number of hydrogen-bond acceptors (Lipinski definition) is 6. The van der Waals surface area contributed by atoms with Crippen LogP contribution in [0.25, 0.3) is 0 Å². The third kappa shape index (κ3) is 1.92. The number of aliphatic hydroxyl groups is 1. The molecule has 0 bridgehead atoms. The summed E-state index contributed by atoms with van der Waals surface area (Å²) in [6.07, 6.45) is 0.215. The van der Waals surface area contributed by atoms with Gasteiger partial charge in [-0.05, 0) is 6.07 Å². The van der Waals surface area contributed by atoms with Gasteiger partial charge < -0.3 is 21.3 Å². The van der Waals surface area contributed by atoms with Crippen LogP contribution in [-0.2, 0) is 4.74 Å². The molecule has 5 N–H and O–H groups in total. The molecule has 1 aliphatic heterocycles. The topological polar surface area (TPSA) is 116 Å². The van der Waals surface area contributed by atoms with Gasteiger partial charge in [-0.25, -0.2) is 4.79 Å². The van der Waals surface area contributed by atoms with Gasteiger partial charge in [0.1, 0.15) is 12.0 Å². The van der Waals surface area contributed by atoms with Crippen LogP contribution in [0.5, 0.6) is 0 Å². The van der Waals surface area contributed by atoms with Gasteiger partial charge >= 0.3 is 5.69 Å². The van der Waals surface area contributed by atoms with Gasteiger partial charge in [-0.15, -0.1) is 0 Å². The van der Waals surface area contributed by atoms with Crippen LogP contribution in [0.4, 0.5) is 5.82 Å². The third-order valence-electron chi connectivity index (χ3n) is 2.60. The SMILES string of the molecule is NC[C@H]1O[C@@H](n2ccc(N)nc2=O)C[C@@H]1O. The summed E-state index contributed by atoms with van der Waals surface area (Å²) in [6.45, 7) is 0.217. The molecule has 0 aliphatic carbocycles. The van der Waals surface area contributed by atoms with Gasteiger partial charge in [0.25, 0.3) is 0 Å². The summed E-state index contributed by atoms with van der Waals surface area (Å²) in [6, 6.07) is 1.51. The fraction of sp³-hybridized carbons (Fsp3) is 0.556. The summed E-state index contributed by atoms with van der Waals surface area (Å²) in [4.78, 5) is 15.1. The molecule has 1 fully saturated rings. The van der Waals surface area contributed by atoms with E-state index in [4.69, 9.17) is 16.2 Å². The van der Waals surface area contributed by atoms with E-state index in [1.54, 1.807) is 0 Å². The summed E-state index contributed by atoms with van der Waals surface area (Å²) in [5.74, 6) is 0.162. The molecular formula is C9H14N4O3. The van der Waals surface area contributed by atoms with E-state index >= 15 is 0 Å². The van der Waals surface area contributed by atoms with Crippen molar-refractivity contribution >= 4 is 5.82 Å². The van der Waals surface area contributed by atoms with Crippen LogP contribution < -0.4 is 17.2 Å². The number of nitrogens with two attached hydrogens (primary N) is 2. The Balaban J connectivity index is 2.23. The highest BCUT2D eigenvalue weighted by molar-refractivity contribution is 5.23. The minimum atomic E-state index is -0.653. The van der Waals surface area contributed by atoms with Crippen molar-refractivity contribution in [2.75, 3.05) is 12.3 Å². The maximum atomic E-state index is 11.5. The number of aliphatic hydroxyl groups excluding tert-OH is 1. The molecule has 7 heteroatoms. The Kier molecular flexibility index (Phi) is 2.90. The van der Waals surface area contributed by atoms with Crippen molar-refractivity contribution in [3.63, 3.8) is 0 Å². The van der Waals surface area contributed by atoms with Gasteiger partial charge in [0, 0.05) is 19.2 Å². The first-order valence-electron chi connectivity index (χ1n) is 5.00. The molecule has 1 saturated heterocycles. The number of nitrogens with zero attached hydrogens (tertiary/aromatic N) is 2. The van der Waals surface area contributed by atoms with Gasteiger partial charge in [-0.2, -0.15) is 4.98 Å². The Morgan fingerprint density at radius 1 is 1.69 bits per heavy atom. The van der Waals surface area contributed by atoms with Crippen molar-refractivity contribution in [3.8, 4) is 0 Å². The number of nitrogen functional groups attached to an aromatic ring is 1. The highest BCUT2D eigenvalue weighted by atomic mass is 16.5. The maximum Gasteiger partial charge on any atom is 0.351 e. The first-order chi connectivity index (χ1) is 7.61. The molecule has 7 nitrogen and oxygen atoms in total. The summed E-state index contributed by atoms with van der Waals surface area (Å²) in [5, 5.41) is 9.60. The zero-order valence-corrected chi connectivity index (χ0v) is 8.61. The van der Waals surface area contributed by atoms with E-state index in [1.807, 2.05) is 0 Å². The lowest BCUT2D eigenvalue weighted by atomic mass is 10.2. The van der Waals surface area contributed by atoms with Crippen LogP contribution in [0.3, 0.4) is 0 Å². The van der Waals surface area contributed by atoms with Crippen LogP contribution in [0.2, 0.25) is 0 Å². The van der Waals surface area contributed by atoms with Gasteiger partial charge in [0.2, 0.25) is 0 Å². The molecule has 0 radical (unpaired) electrons. The smallest absolute Gasteiger partial charge is 0.351 e. The minimum absolute atomic E-state index is 0.162. The number of anilines is 1. The van der Waals surface area contributed by atoms with E-state index in [0.717, 1.165) is 0 Å². The standard InChI is InChI=1S/C9H14N4O3/c10-4-6-5(14)3-8(16-6)13-2-1-7(11)12-9(13)15/h1-2,5-6,8,14H,3-4,10H2,(H2,11,12,15)/t5-,6+,8+/m0/s1. The van der Waals surface area contributed by atoms with Crippen molar-refractivity contribution in [1.29, 1.82) is 0 Å². The second-order valence-electron chi connectivity index (χ2n) is 3.71. The quantitative estimate of drug-likeness (QED) is 0.561. The summed E-state index contributed by atoms with van der Waals surface area (Å²) < 4.78 is 6.74. The second kappa shape index (κ2) is 4.20. The zero-order chi connectivity index (χ0) is 11.7. The van der Waals surface area contributed by atoms with Crippen LogP contribution in [0, 0.1) is 0 Å². The molecule has 16 heavy (non-hydrogen) atoms. The van der Waals surface area contributed by atoms with E-state index in [0.29, 0.717) is 6.42 Å². The molecule has 3 atom stereocenters. The lowest BCUT2D eigenvalue weighted by Gasteiger charge is -2.14. The Hall–Kier alpha value is -1.44. The summed E-state index contributed by atoms with van der Waals surface area (Å²) in [7, 11) is 0. The van der Waals surface area contributed by atoms with Crippen LogP contribution in [0.1, 0.15) is 12.6 Å². The molecule has 1 aliphatic rings. The third-order valence-corrected chi connectivity index (χ3v) is 2.60. The number of rotatable bonds is 2. The largest absolute Gasteiger partial charge is 0.390 e. The van der Waals surface area contributed by atoms with Crippen LogP contribution in [-0.4, -0.2) is 33.4 Å². The first kappa shape index (κ1) is 11.1. The Bertz CT molecular complexity index is 433. The first-order valence-corrected chi connectivity index (χ1v) is 5.00. The monoisotopic (exact) mass is 226 g/mol. The van der Waals surface area contributed by atoms with Crippen LogP contribution in [0.15, 0.2) is 17.1 Å². The summed E-state index contributed by atoms with van der Waals surface area (Å²) in [5.41, 5.74) is 10.3. The highest BCUT2D eigenvalue weighted by Crippen LogP contribution is 2.26. The lowest BCUT2D eigenvalue weighted by Crippen LogP contribution is -2.30. The number of hydrogen-bond donors (Lipinski definition) is 3. The van der Waals surface area contributed by atoms with Gasteiger partial charge in [0.05, 0.1) is 12.2 Å². The molecule has 0 aromatic carbocycles. The highest BCUT2D eigenvalue weighted by Gasteiger charge is 2.34. The van der Waals surface area contributed by atoms with Gasteiger partial charge in [-0.3, -0.25) is 4.57 Å². The Morgan fingerprint density at radius 2 is 2.44 bits per heavy atom. The molecule has 2 rings (SSSR count). The molecule has 0 spiro atoms. The van der Waals surface area contributed by atoms with Crippen LogP contribution >= 0.6 is 0 Å². The van der Waals surface area contributed by atoms with E-state index < -0.39 is 24.1 Å². The van der Waals surface area contributed by atoms with E-state index in [9.17, 15) is 9.90 Å². The fourth-order valence-electron chi connectivity index (χ4n) is 1.74.